The molecule has 0 unspecified atom stereocenters. The average molecular weight is 393 g/mol. The zero-order valence-corrected chi connectivity index (χ0v) is 15.7. The fourth-order valence-electron chi connectivity index (χ4n) is 2.13. The van der Waals surface area contributed by atoms with Crippen molar-refractivity contribution in [3.05, 3.63) is 48.0 Å². The number of hydrazine groups is 1. The molecule has 0 heterocycles. The molecule has 0 fully saturated rings. The number of anilines is 1. The molecule has 3 N–H and O–H groups in total. The molecule has 0 bridgehead atoms. The van der Waals surface area contributed by atoms with Crippen LogP contribution in [-0.2, 0) is 14.8 Å². The normalized spacial score (nSPS) is 10.8. The van der Waals surface area contributed by atoms with Crippen LogP contribution in [0.3, 0.4) is 0 Å². The standard InChI is InChI=1S/C17H19N3O6S/c1-11(21)18-15-10-14(8-9-16(15)26-3)27(23,24)20-19-17(22)12-4-6-13(25-2)7-5-12/h4-10,20H,1-3H3,(H,18,21)(H,19,22). The van der Waals surface area contributed by atoms with Gasteiger partial charge < -0.3 is 14.8 Å². The molecule has 0 atom stereocenters. The first-order chi connectivity index (χ1) is 12.8. The minimum Gasteiger partial charge on any atom is -0.497 e. The van der Waals surface area contributed by atoms with Crippen molar-refractivity contribution < 1.29 is 27.5 Å². The van der Waals surface area contributed by atoms with E-state index in [4.69, 9.17) is 9.47 Å². The molecular weight excluding hydrogens is 374 g/mol. The van der Waals surface area contributed by atoms with E-state index in [0.717, 1.165) is 0 Å². The zero-order valence-electron chi connectivity index (χ0n) is 14.9. The van der Waals surface area contributed by atoms with Gasteiger partial charge in [0.1, 0.15) is 11.5 Å². The van der Waals surface area contributed by atoms with Crippen LogP contribution < -0.4 is 25.0 Å². The summed E-state index contributed by atoms with van der Waals surface area (Å²) < 4.78 is 34.9. The lowest BCUT2D eigenvalue weighted by molar-refractivity contribution is -0.114. The molecule has 2 rings (SSSR count). The summed E-state index contributed by atoms with van der Waals surface area (Å²) in [5, 5.41) is 2.48. The van der Waals surface area contributed by atoms with E-state index in [1.807, 2.05) is 4.83 Å². The molecule has 10 heteroatoms. The first-order valence-corrected chi connectivity index (χ1v) is 9.17. The second-order valence-corrected chi connectivity index (χ2v) is 7.01. The summed E-state index contributed by atoms with van der Waals surface area (Å²) in [6, 6.07) is 10.0. The Morgan fingerprint density at radius 1 is 0.963 bits per heavy atom. The number of ether oxygens (including phenoxy) is 2. The first-order valence-electron chi connectivity index (χ1n) is 7.68. The summed E-state index contributed by atoms with van der Waals surface area (Å²) in [4.78, 5) is 25.2. The molecule has 0 aliphatic carbocycles. The monoisotopic (exact) mass is 393 g/mol. The second-order valence-electron chi connectivity index (χ2n) is 5.33. The minimum absolute atomic E-state index is 0.165. The maximum Gasteiger partial charge on any atom is 0.266 e. The Balaban J connectivity index is 2.15. The van der Waals surface area contributed by atoms with Gasteiger partial charge in [-0.15, -0.1) is 4.83 Å². The Labute approximate surface area is 156 Å². The number of amides is 2. The predicted octanol–water partition coefficient (Wildman–Crippen LogP) is 1.29. The van der Waals surface area contributed by atoms with E-state index in [0.29, 0.717) is 11.5 Å². The lowest BCUT2D eigenvalue weighted by Crippen LogP contribution is -2.41. The third kappa shape index (κ3) is 5.19. The molecule has 0 saturated carbocycles. The van der Waals surface area contributed by atoms with Crippen molar-refractivity contribution in [2.75, 3.05) is 19.5 Å². The molecule has 0 spiro atoms. The molecule has 0 radical (unpaired) electrons. The van der Waals surface area contributed by atoms with Gasteiger partial charge in [-0.1, -0.05) is 0 Å². The largest absolute Gasteiger partial charge is 0.497 e. The van der Waals surface area contributed by atoms with Crippen molar-refractivity contribution in [2.24, 2.45) is 0 Å². The van der Waals surface area contributed by atoms with Gasteiger partial charge in [0.25, 0.3) is 15.9 Å². The van der Waals surface area contributed by atoms with Crippen LogP contribution in [0.1, 0.15) is 17.3 Å². The van der Waals surface area contributed by atoms with Crippen LogP contribution in [-0.4, -0.2) is 34.5 Å². The second kappa shape index (κ2) is 8.52. The van der Waals surface area contributed by atoms with Gasteiger partial charge in [0.2, 0.25) is 5.91 Å². The maximum atomic E-state index is 12.4. The lowest BCUT2D eigenvalue weighted by Gasteiger charge is -2.12. The van der Waals surface area contributed by atoms with E-state index >= 15 is 0 Å². The molecule has 2 aromatic carbocycles. The van der Waals surface area contributed by atoms with E-state index in [1.165, 1.54) is 51.5 Å². The summed E-state index contributed by atoms with van der Waals surface area (Å²) in [6.45, 7) is 1.29. The fraction of sp³-hybridized carbons (Fsp3) is 0.176. The fourth-order valence-corrected chi connectivity index (χ4v) is 2.99. The van der Waals surface area contributed by atoms with Crippen molar-refractivity contribution in [1.29, 1.82) is 0 Å². The Bertz CT molecular complexity index is 942. The van der Waals surface area contributed by atoms with Gasteiger partial charge in [0.05, 0.1) is 24.8 Å². The van der Waals surface area contributed by atoms with Gasteiger partial charge in [-0.25, -0.2) is 8.42 Å². The van der Waals surface area contributed by atoms with Gasteiger partial charge in [-0.2, -0.15) is 0 Å². The van der Waals surface area contributed by atoms with E-state index in [2.05, 4.69) is 10.7 Å². The number of rotatable bonds is 7. The highest BCUT2D eigenvalue weighted by Gasteiger charge is 2.18. The number of carbonyl (C=O) groups is 2. The van der Waals surface area contributed by atoms with Gasteiger partial charge in [0.15, 0.2) is 0 Å². The molecule has 144 valence electrons. The Morgan fingerprint density at radius 2 is 1.63 bits per heavy atom. The van der Waals surface area contributed by atoms with Crippen LogP contribution in [0.25, 0.3) is 0 Å². The molecule has 2 amide bonds. The minimum atomic E-state index is -4.07. The average Bonchev–Trinajstić information content (AvgIpc) is 2.65. The van der Waals surface area contributed by atoms with E-state index in [1.54, 1.807) is 12.1 Å². The highest BCUT2D eigenvalue weighted by molar-refractivity contribution is 7.89. The van der Waals surface area contributed by atoms with Gasteiger partial charge in [-0.3, -0.25) is 15.0 Å². The molecule has 2 aromatic rings. The van der Waals surface area contributed by atoms with E-state index < -0.39 is 15.9 Å². The van der Waals surface area contributed by atoms with Crippen molar-refractivity contribution in [2.45, 2.75) is 11.8 Å². The summed E-state index contributed by atoms with van der Waals surface area (Å²) >= 11 is 0. The number of nitrogens with one attached hydrogen (secondary N) is 3. The van der Waals surface area contributed by atoms with Crippen LogP contribution in [0.2, 0.25) is 0 Å². The van der Waals surface area contributed by atoms with Crippen molar-refractivity contribution in [3.8, 4) is 11.5 Å². The smallest absolute Gasteiger partial charge is 0.266 e. The lowest BCUT2D eigenvalue weighted by atomic mass is 10.2. The summed E-state index contributed by atoms with van der Waals surface area (Å²) in [7, 11) is -1.19. The highest BCUT2D eigenvalue weighted by atomic mass is 32.2. The molecule has 0 aromatic heterocycles. The van der Waals surface area contributed by atoms with Gasteiger partial charge >= 0.3 is 0 Å². The first kappa shape index (κ1) is 20.2. The van der Waals surface area contributed by atoms with Crippen LogP contribution in [0.5, 0.6) is 11.5 Å². The highest BCUT2D eigenvalue weighted by Crippen LogP contribution is 2.27. The molecule has 9 nitrogen and oxygen atoms in total. The van der Waals surface area contributed by atoms with Crippen LogP contribution >= 0.6 is 0 Å². The number of benzene rings is 2. The van der Waals surface area contributed by atoms with Crippen LogP contribution in [0.4, 0.5) is 5.69 Å². The summed E-state index contributed by atoms with van der Waals surface area (Å²) in [5.74, 6) is -0.164. The summed E-state index contributed by atoms with van der Waals surface area (Å²) in [6.07, 6.45) is 0. The molecule has 0 aliphatic heterocycles. The van der Waals surface area contributed by atoms with Crippen molar-refractivity contribution >= 4 is 27.5 Å². The van der Waals surface area contributed by atoms with Gasteiger partial charge in [-0.05, 0) is 42.5 Å². The van der Waals surface area contributed by atoms with E-state index in [-0.39, 0.29) is 22.1 Å². The molecule has 0 aliphatic rings. The Morgan fingerprint density at radius 3 is 2.19 bits per heavy atom. The topological polar surface area (TPSA) is 123 Å². The number of sulfonamides is 1. The third-order valence-corrected chi connectivity index (χ3v) is 4.69. The summed E-state index contributed by atoms with van der Waals surface area (Å²) in [5.41, 5.74) is 2.56. The maximum absolute atomic E-state index is 12.4. The van der Waals surface area contributed by atoms with E-state index in [9.17, 15) is 18.0 Å². The SMILES string of the molecule is COc1ccc(C(=O)NNS(=O)(=O)c2ccc(OC)c(NC(C)=O)c2)cc1. The van der Waals surface area contributed by atoms with Gasteiger partial charge in [0, 0.05) is 12.5 Å². The number of hydrogen-bond acceptors (Lipinski definition) is 6. The zero-order chi connectivity index (χ0) is 20.0. The molecule has 27 heavy (non-hydrogen) atoms. The number of carbonyl (C=O) groups excluding carboxylic acids is 2. The predicted molar refractivity (Wildman–Crippen MR) is 98.1 cm³/mol. The van der Waals surface area contributed by atoms with Crippen molar-refractivity contribution in [1.82, 2.24) is 10.3 Å². The molecule has 0 saturated heterocycles. The van der Waals surface area contributed by atoms with Crippen LogP contribution in [0.15, 0.2) is 47.4 Å². The third-order valence-electron chi connectivity index (χ3n) is 3.44. The Kier molecular flexibility index (Phi) is 6.37. The molecular formula is C17H19N3O6S. The van der Waals surface area contributed by atoms with Crippen LogP contribution in [0, 0.1) is 0 Å². The Hall–Kier alpha value is -3.11. The number of hydrogen-bond donors (Lipinski definition) is 3. The quantitative estimate of drug-likeness (QED) is 0.609. The number of methoxy groups -OCH3 is 2. The van der Waals surface area contributed by atoms with Crippen molar-refractivity contribution in [3.63, 3.8) is 0 Å².